The van der Waals surface area contributed by atoms with Crippen molar-refractivity contribution < 1.29 is 4.74 Å². The van der Waals surface area contributed by atoms with Crippen LogP contribution in [0.15, 0.2) is 36.1 Å². The van der Waals surface area contributed by atoms with E-state index in [1.807, 2.05) is 13.0 Å². The maximum absolute atomic E-state index is 7.40. The zero-order valence-electron chi connectivity index (χ0n) is 8.13. The van der Waals surface area contributed by atoms with Gasteiger partial charge in [-0.1, -0.05) is 12.7 Å². The third kappa shape index (κ3) is 4.28. The Bertz CT molecular complexity index is 252. The van der Waals surface area contributed by atoms with E-state index in [0.29, 0.717) is 17.0 Å². The summed E-state index contributed by atoms with van der Waals surface area (Å²) < 4.78 is 5.03. The van der Waals surface area contributed by atoms with Crippen molar-refractivity contribution in [2.75, 3.05) is 13.7 Å². The van der Waals surface area contributed by atoms with E-state index in [9.17, 15) is 0 Å². The molecule has 0 aliphatic rings. The second kappa shape index (κ2) is 6.20. The second-order valence-corrected chi connectivity index (χ2v) is 2.46. The fourth-order valence-corrected chi connectivity index (χ4v) is 0.729. The minimum absolute atomic E-state index is 0.197. The molecule has 0 aliphatic carbocycles. The Balaban J connectivity index is 4.51. The summed E-state index contributed by atoms with van der Waals surface area (Å²) in [7, 11) is 1.57. The smallest absolute Gasteiger partial charge is 0.119 e. The maximum atomic E-state index is 7.40. The van der Waals surface area contributed by atoms with Crippen LogP contribution in [-0.2, 0) is 4.74 Å². The standard InChI is InChI=1S/C10H16N2O/c1-4-5-9(13-3)6-8(2)10(12)7-11/h4-6,12H,2,7,11H2,1,3H3/b5-4-,9-6+,12-10?. The number of nitrogens with two attached hydrogens (primary N) is 1. The Morgan fingerprint density at radius 1 is 1.62 bits per heavy atom. The lowest BCUT2D eigenvalue weighted by Gasteiger charge is -2.02. The predicted octanol–water partition coefficient (Wildman–Crippen LogP) is 1.63. The summed E-state index contributed by atoms with van der Waals surface area (Å²) in [5.74, 6) is 0.672. The van der Waals surface area contributed by atoms with Crippen LogP contribution in [-0.4, -0.2) is 19.4 Å². The summed E-state index contributed by atoms with van der Waals surface area (Å²) in [4.78, 5) is 0. The van der Waals surface area contributed by atoms with Gasteiger partial charge in [-0.3, -0.25) is 0 Å². The van der Waals surface area contributed by atoms with Crippen molar-refractivity contribution in [3.05, 3.63) is 36.1 Å². The Kier molecular flexibility index (Phi) is 5.55. The molecule has 0 amide bonds. The van der Waals surface area contributed by atoms with Crippen LogP contribution in [0.25, 0.3) is 0 Å². The Morgan fingerprint density at radius 3 is 2.62 bits per heavy atom. The summed E-state index contributed by atoms with van der Waals surface area (Å²) in [6, 6.07) is 0. The van der Waals surface area contributed by atoms with Gasteiger partial charge in [-0.25, -0.2) is 0 Å². The largest absolute Gasteiger partial charge is 0.497 e. The summed E-state index contributed by atoms with van der Waals surface area (Å²) in [6.45, 7) is 5.79. The minimum Gasteiger partial charge on any atom is -0.497 e. The van der Waals surface area contributed by atoms with Crippen LogP contribution in [0.1, 0.15) is 6.92 Å². The minimum atomic E-state index is 0.197. The topological polar surface area (TPSA) is 59.1 Å². The average molecular weight is 180 g/mol. The first-order valence-corrected chi connectivity index (χ1v) is 4.00. The zero-order chi connectivity index (χ0) is 10.3. The van der Waals surface area contributed by atoms with Crippen molar-refractivity contribution in [2.24, 2.45) is 5.73 Å². The number of rotatable bonds is 5. The summed E-state index contributed by atoms with van der Waals surface area (Å²) >= 11 is 0. The molecule has 0 saturated carbocycles. The monoisotopic (exact) mass is 180 g/mol. The second-order valence-electron chi connectivity index (χ2n) is 2.46. The molecular formula is C10H16N2O. The normalized spacial score (nSPS) is 11.8. The van der Waals surface area contributed by atoms with Crippen molar-refractivity contribution >= 4 is 5.71 Å². The molecule has 0 saturated heterocycles. The van der Waals surface area contributed by atoms with Crippen molar-refractivity contribution in [3.8, 4) is 0 Å². The van der Waals surface area contributed by atoms with Crippen molar-refractivity contribution in [2.45, 2.75) is 6.92 Å². The van der Waals surface area contributed by atoms with Crippen LogP contribution in [0, 0.1) is 5.41 Å². The van der Waals surface area contributed by atoms with Crippen LogP contribution < -0.4 is 5.73 Å². The van der Waals surface area contributed by atoms with Gasteiger partial charge in [0.05, 0.1) is 12.8 Å². The lowest BCUT2D eigenvalue weighted by Crippen LogP contribution is -2.13. The summed E-state index contributed by atoms with van der Waals surface area (Å²) in [6.07, 6.45) is 5.35. The van der Waals surface area contributed by atoms with Gasteiger partial charge >= 0.3 is 0 Å². The van der Waals surface area contributed by atoms with Gasteiger partial charge in [0.15, 0.2) is 0 Å². The van der Waals surface area contributed by atoms with Gasteiger partial charge in [0.1, 0.15) is 5.76 Å². The number of methoxy groups -OCH3 is 1. The molecule has 0 aromatic carbocycles. The molecule has 72 valence electrons. The van der Waals surface area contributed by atoms with E-state index in [1.54, 1.807) is 19.3 Å². The highest BCUT2D eigenvalue weighted by Crippen LogP contribution is 2.04. The first kappa shape index (κ1) is 11.6. The van der Waals surface area contributed by atoms with Gasteiger partial charge < -0.3 is 15.9 Å². The van der Waals surface area contributed by atoms with Crippen molar-refractivity contribution in [1.29, 1.82) is 5.41 Å². The lowest BCUT2D eigenvalue weighted by molar-refractivity contribution is 0.306. The molecule has 3 heteroatoms. The fraction of sp³-hybridized carbons (Fsp3) is 0.300. The predicted molar refractivity (Wildman–Crippen MR) is 55.8 cm³/mol. The van der Waals surface area contributed by atoms with Gasteiger partial charge in [-0.2, -0.15) is 0 Å². The molecule has 0 heterocycles. The molecule has 0 aromatic rings. The third-order valence-corrected chi connectivity index (χ3v) is 1.47. The number of ether oxygens (including phenoxy) is 1. The van der Waals surface area contributed by atoms with Crippen LogP contribution in [0.5, 0.6) is 0 Å². The molecular weight excluding hydrogens is 164 g/mol. The highest BCUT2D eigenvalue weighted by Gasteiger charge is 1.98. The van der Waals surface area contributed by atoms with E-state index >= 15 is 0 Å². The van der Waals surface area contributed by atoms with Gasteiger partial charge in [0, 0.05) is 6.54 Å². The number of hydrogen-bond acceptors (Lipinski definition) is 3. The molecule has 0 radical (unpaired) electrons. The highest BCUT2D eigenvalue weighted by atomic mass is 16.5. The van der Waals surface area contributed by atoms with Crippen LogP contribution in [0.4, 0.5) is 0 Å². The quantitative estimate of drug-likeness (QED) is 0.384. The maximum Gasteiger partial charge on any atom is 0.119 e. The molecule has 0 rings (SSSR count). The van der Waals surface area contributed by atoms with E-state index in [0.717, 1.165) is 0 Å². The molecule has 0 fully saturated rings. The SMILES string of the molecule is C=C(/C=C(\C=C/C)OC)C(=N)CN. The molecule has 0 aromatic heterocycles. The third-order valence-electron chi connectivity index (χ3n) is 1.47. The summed E-state index contributed by atoms with van der Waals surface area (Å²) in [5, 5.41) is 7.40. The molecule has 0 aliphatic heterocycles. The molecule has 0 unspecified atom stereocenters. The molecule has 3 N–H and O–H groups in total. The molecule has 3 nitrogen and oxygen atoms in total. The first-order chi connectivity index (χ1) is 6.15. The Morgan fingerprint density at radius 2 is 2.23 bits per heavy atom. The molecule has 0 atom stereocenters. The summed E-state index contributed by atoms with van der Waals surface area (Å²) in [5.41, 5.74) is 6.19. The molecule has 0 spiro atoms. The van der Waals surface area contributed by atoms with Gasteiger partial charge in [-0.15, -0.1) is 0 Å². The van der Waals surface area contributed by atoms with E-state index in [1.165, 1.54) is 0 Å². The van der Waals surface area contributed by atoms with Gasteiger partial charge in [0.25, 0.3) is 0 Å². The Labute approximate surface area is 79.1 Å². The zero-order valence-corrected chi connectivity index (χ0v) is 8.13. The fourth-order valence-electron chi connectivity index (χ4n) is 0.729. The van der Waals surface area contributed by atoms with E-state index < -0.39 is 0 Å². The first-order valence-electron chi connectivity index (χ1n) is 4.00. The number of nitrogens with one attached hydrogen (secondary N) is 1. The van der Waals surface area contributed by atoms with Gasteiger partial charge in [-0.05, 0) is 24.6 Å². The van der Waals surface area contributed by atoms with Crippen LogP contribution in [0.3, 0.4) is 0 Å². The van der Waals surface area contributed by atoms with Crippen LogP contribution >= 0.6 is 0 Å². The molecule has 0 bridgehead atoms. The average Bonchev–Trinajstić information content (AvgIpc) is 2.15. The Hall–Kier alpha value is -1.35. The lowest BCUT2D eigenvalue weighted by atomic mass is 10.1. The number of allylic oxidation sites excluding steroid dienone is 3. The van der Waals surface area contributed by atoms with Gasteiger partial charge in [0.2, 0.25) is 0 Å². The molecule has 13 heavy (non-hydrogen) atoms. The number of hydrogen-bond donors (Lipinski definition) is 2. The van der Waals surface area contributed by atoms with Crippen molar-refractivity contribution in [3.63, 3.8) is 0 Å². The highest BCUT2D eigenvalue weighted by molar-refractivity contribution is 6.01. The van der Waals surface area contributed by atoms with E-state index in [2.05, 4.69) is 6.58 Å². The van der Waals surface area contributed by atoms with Crippen LogP contribution in [0.2, 0.25) is 0 Å². The van der Waals surface area contributed by atoms with E-state index in [4.69, 9.17) is 15.9 Å². The van der Waals surface area contributed by atoms with Crippen molar-refractivity contribution in [1.82, 2.24) is 0 Å². The van der Waals surface area contributed by atoms with E-state index in [-0.39, 0.29) is 6.54 Å².